The van der Waals surface area contributed by atoms with Crippen molar-refractivity contribution in [3.63, 3.8) is 0 Å². The zero-order valence-electron chi connectivity index (χ0n) is 10.5. The highest BCUT2D eigenvalue weighted by Gasteiger charge is 2.35. The number of non-ortho nitro benzene ring substituents is 1. The lowest BCUT2D eigenvalue weighted by atomic mass is 9.84. The predicted octanol–water partition coefficient (Wildman–Crippen LogP) is 2.97. The molecule has 0 heterocycles. The van der Waals surface area contributed by atoms with Crippen LogP contribution < -0.4 is 5.32 Å². The number of hydrogen-bond acceptors (Lipinski definition) is 4. The third kappa shape index (κ3) is 3.03. The van der Waals surface area contributed by atoms with Gasteiger partial charge >= 0.3 is 0 Å². The number of benzene rings is 1. The van der Waals surface area contributed by atoms with Crippen molar-refractivity contribution < 1.29 is 4.92 Å². The molecule has 0 unspecified atom stereocenters. The molecule has 1 aliphatic rings. The van der Waals surface area contributed by atoms with Gasteiger partial charge in [0.15, 0.2) is 0 Å². The topological polar surface area (TPSA) is 55.2 Å². The first-order valence-corrected chi connectivity index (χ1v) is 7.37. The van der Waals surface area contributed by atoms with Gasteiger partial charge in [-0.05, 0) is 24.7 Å². The Balaban J connectivity index is 1.81. The van der Waals surface area contributed by atoms with E-state index >= 15 is 0 Å². The molecular weight excluding hydrogens is 248 g/mol. The minimum Gasteiger partial charge on any atom is -0.311 e. The molecule has 2 rings (SSSR count). The van der Waals surface area contributed by atoms with Gasteiger partial charge in [0.25, 0.3) is 5.69 Å². The first-order valence-electron chi connectivity index (χ1n) is 6.14. The summed E-state index contributed by atoms with van der Waals surface area (Å²) in [6, 6.07) is 6.75. The number of nitro benzene ring substituents is 1. The maximum absolute atomic E-state index is 10.5. The number of thioether (sulfide) groups is 1. The third-order valence-corrected chi connectivity index (χ3v) is 5.04. The SMILES string of the molecule is CSC1(CNCc2ccc([N+](=O)[O-])cc2)CCC1. The Morgan fingerprint density at radius 3 is 2.50 bits per heavy atom. The third-order valence-electron chi connectivity index (χ3n) is 3.62. The molecule has 98 valence electrons. The number of rotatable bonds is 6. The van der Waals surface area contributed by atoms with Gasteiger partial charge in [0.1, 0.15) is 0 Å². The maximum atomic E-state index is 10.5. The van der Waals surface area contributed by atoms with Gasteiger partial charge in [-0.15, -0.1) is 0 Å². The van der Waals surface area contributed by atoms with Crippen molar-refractivity contribution in [3.05, 3.63) is 39.9 Å². The van der Waals surface area contributed by atoms with E-state index in [1.807, 2.05) is 23.9 Å². The first-order chi connectivity index (χ1) is 8.65. The van der Waals surface area contributed by atoms with E-state index in [1.54, 1.807) is 12.1 Å². The second-order valence-corrected chi connectivity index (χ2v) is 6.04. The minimum atomic E-state index is -0.367. The fraction of sp³-hybridized carbons (Fsp3) is 0.538. The van der Waals surface area contributed by atoms with E-state index in [4.69, 9.17) is 0 Å². The molecule has 1 fully saturated rings. The van der Waals surface area contributed by atoms with Crippen molar-refractivity contribution in [1.82, 2.24) is 5.32 Å². The van der Waals surface area contributed by atoms with Crippen LogP contribution in [0.15, 0.2) is 24.3 Å². The van der Waals surface area contributed by atoms with Crippen molar-refractivity contribution >= 4 is 17.4 Å². The fourth-order valence-electron chi connectivity index (χ4n) is 2.19. The summed E-state index contributed by atoms with van der Waals surface area (Å²) in [5.74, 6) is 0. The normalized spacial score (nSPS) is 17.2. The molecule has 4 nitrogen and oxygen atoms in total. The Morgan fingerprint density at radius 1 is 1.39 bits per heavy atom. The summed E-state index contributed by atoms with van der Waals surface area (Å²) in [4.78, 5) is 10.2. The average molecular weight is 266 g/mol. The number of nitrogens with zero attached hydrogens (tertiary/aromatic N) is 1. The molecule has 0 saturated heterocycles. The standard InChI is InChI=1S/C13H18N2O2S/c1-18-13(7-2-8-13)10-14-9-11-3-5-12(6-4-11)15(16)17/h3-6,14H,2,7-10H2,1H3. The van der Waals surface area contributed by atoms with Crippen LogP contribution in [0.3, 0.4) is 0 Å². The molecule has 1 saturated carbocycles. The van der Waals surface area contributed by atoms with Gasteiger partial charge in [0, 0.05) is 30.0 Å². The van der Waals surface area contributed by atoms with Gasteiger partial charge in [-0.25, -0.2) is 0 Å². The molecule has 18 heavy (non-hydrogen) atoms. The molecule has 0 aromatic heterocycles. The quantitative estimate of drug-likeness (QED) is 0.635. The molecule has 0 aliphatic heterocycles. The zero-order valence-corrected chi connectivity index (χ0v) is 11.3. The number of nitro groups is 1. The average Bonchev–Trinajstić information content (AvgIpc) is 2.33. The molecule has 0 amide bonds. The van der Waals surface area contributed by atoms with Crippen LogP contribution in [0.5, 0.6) is 0 Å². The van der Waals surface area contributed by atoms with Crippen LogP contribution in [0.1, 0.15) is 24.8 Å². The van der Waals surface area contributed by atoms with Crippen molar-refractivity contribution in [2.24, 2.45) is 0 Å². The first kappa shape index (κ1) is 13.4. The van der Waals surface area contributed by atoms with Crippen molar-refractivity contribution in [2.75, 3.05) is 12.8 Å². The smallest absolute Gasteiger partial charge is 0.269 e. The molecule has 0 bridgehead atoms. The second-order valence-electron chi connectivity index (χ2n) is 4.77. The number of nitrogens with one attached hydrogen (secondary N) is 1. The molecule has 0 spiro atoms. The highest BCUT2D eigenvalue weighted by atomic mass is 32.2. The molecular formula is C13H18N2O2S. The van der Waals surface area contributed by atoms with Gasteiger partial charge in [0.2, 0.25) is 0 Å². The highest BCUT2D eigenvalue weighted by Crippen LogP contribution is 2.42. The Hall–Kier alpha value is -1.07. The molecule has 1 aliphatic carbocycles. The lowest BCUT2D eigenvalue weighted by Gasteiger charge is -2.40. The number of hydrogen-bond donors (Lipinski definition) is 1. The lowest BCUT2D eigenvalue weighted by molar-refractivity contribution is -0.384. The van der Waals surface area contributed by atoms with Crippen molar-refractivity contribution in [1.29, 1.82) is 0 Å². The lowest BCUT2D eigenvalue weighted by Crippen LogP contribution is -2.43. The maximum Gasteiger partial charge on any atom is 0.269 e. The van der Waals surface area contributed by atoms with E-state index in [9.17, 15) is 10.1 Å². The van der Waals surface area contributed by atoms with Crippen LogP contribution in [0.2, 0.25) is 0 Å². The summed E-state index contributed by atoms with van der Waals surface area (Å²) >= 11 is 1.95. The van der Waals surface area contributed by atoms with E-state index in [1.165, 1.54) is 19.3 Å². The molecule has 5 heteroatoms. The Labute approximate surface area is 111 Å². The fourth-order valence-corrected chi connectivity index (χ4v) is 3.14. The summed E-state index contributed by atoms with van der Waals surface area (Å²) in [5, 5.41) is 14.0. The van der Waals surface area contributed by atoms with Gasteiger partial charge in [-0.3, -0.25) is 10.1 Å². The van der Waals surface area contributed by atoms with Gasteiger partial charge in [0.05, 0.1) is 4.92 Å². The molecule has 1 aromatic carbocycles. The van der Waals surface area contributed by atoms with Crippen LogP contribution in [0, 0.1) is 10.1 Å². The van der Waals surface area contributed by atoms with E-state index in [-0.39, 0.29) is 10.6 Å². The summed E-state index contributed by atoms with van der Waals surface area (Å²) in [5.41, 5.74) is 1.24. The Bertz CT molecular complexity index is 410. The van der Waals surface area contributed by atoms with Crippen LogP contribution in [-0.4, -0.2) is 22.5 Å². The van der Waals surface area contributed by atoms with Crippen LogP contribution >= 0.6 is 11.8 Å². The van der Waals surface area contributed by atoms with Crippen LogP contribution in [0.4, 0.5) is 5.69 Å². The monoisotopic (exact) mass is 266 g/mol. The van der Waals surface area contributed by atoms with Gasteiger partial charge < -0.3 is 5.32 Å². The van der Waals surface area contributed by atoms with E-state index in [0.717, 1.165) is 18.7 Å². The zero-order chi connectivity index (χ0) is 13.0. The second kappa shape index (κ2) is 5.71. The summed E-state index contributed by atoms with van der Waals surface area (Å²) in [7, 11) is 0. The Kier molecular flexibility index (Phi) is 4.24. The molecule has 0 atom stereocenters. The van der Waals surface area contributed by atoms with Crippen molar-refractivity contribution in [3.8, 4) is 0 Å². The van der Waals surface area contributed by atoms with E-state index in [2.05, 4.69) is 11.6 Å². The summed E-state index contributed by atoms with van der Waals surface area (Å²) < 4.78 is 0.431. The van der Waals surface area contributed by atoms with Gasteiger partial charge in [-0.1, -0.05) is 18.6 Å². The van der Waals surface area contributed by atoms with E-state index < -0.39 is 0 Å². The largest absolute Gasteiger partial charge is 0.311 e. The van der Waals surface area contributed by atoms with Crippen LogP contribution in [-0.2, 0) is 6.54 Å². The summed E-state index contributed by atoms with van der Waals surface area (Å²) in [6.07, 6.45) is 6.09. The Morgan fingerprint density at radius 2 is 2.06 bits per heavy atom. The highest BCUT2D eigenvalue weighted by molar-refractivity contribution is 8.00. The molecule has 1 aromatic rings. The van der Waals surface area contributed by atoms with Gasteiger partial charge in [-0.2, -0.15) is 11.8 Å². The summed E-state index contributed by atoms with van der Waals surface area (Å²) in [6.45, 7) is 1.80. The molecule has 0 radical (unpaired) electrons. The van der Waals surface area contributed by atoms with Crippen LogP contribution in [0.25, 0.3) is 0 Å². The van der Waals surface area contributed by atoms with Crippen molar-refractivity contribution in [2.45, 2.75) is 30.6 Å². The van der Waals surface area contributed by atoms with E-state index in [0.29, 0.717) is 4.75 Å². The predicted molar refractivity (Wildman–Crippen MR) is 74.9 cm³/mol. The minimum absolute atomic E-state index is 0.151. The molecule has 1 N–H and O–H groups in total.